The number of benzene rings is 2. The van der Waals surface area contributed by atoms with Gasteiger partial charge in [0, 0.05) is 19.1 Å². The first-order chi connectivity index (χ1) is 10.2. The average Bonchev–Trinajstić information content (AvgIpc) is 2.53. The van der Waals surface area contributed by atoms with E-state index in [9.17, 15) is 5.11 Å². The van der Waals surface area contributed by atoms with E-state index in [1.165, 1.54) is 16.3 Å². The monoisotopic (exact) mass is 286 g/mol. The van der Waals surface area contributed by atoms with Crippen LogP contribution in [-0.2, 0) is 0 Å². The van der Waals surface area contributed by atoms with E-state index in [2.05, 4.69) is 61.7 Å². The lowest BCUT2D eigenvalue weighted by molar-refractivity contribution is 0.0816. The number of hydrazine groups is 1. The van der Waals surface area contributed by atoms with Crippen LogP contribution < -0.4 is 5.43 Å². The number of fused-ring (bicyclic) bond motifs is 1. The summed E-state index contributed by atoms with van der Waals surface area (Å²) >= 11 is 0. The van der Waals surface area contributed by atoms with Crippen molar-refractivity contribution < 1.29 is 5.11 Å². The zero-order chi connectivity index (χ0) is 15.2. The van der Waals surface area contributed by atoms with Crippen LogP contribution in [0.1, 0.15) is 38.3 Å². The number of likely N-dealkylation sites (N-methyl/N-ethyl adjacent to an activating group) is 1. The molecule has 0 unspecified atom stereocenters. The smallest absolute Gasteiger partial charge is 0.0600 e. The van der Waals surface area contributed by atoms with E-state index < -0.39 is 0 Å². The molecule has 0 aliphatic rings. The molecule has 0 saturated heterocycles. The Hall–Kier alpha value is -1.42. The lowest BCUT2D eigenvalue weighted by atomic mass is 10.0. The largest absolute Gasteiger partial charge is 0.395 e. The maximum atomic E-state index is 9.41. The molecule has 21 heavy (non-hydrogen) atoms. The number of aliphatic hydroxyl groups is 1. The summed E-state index contributed by atoms with van der Waals surface area (Å²) in [5.74, 6) is 0. The summed E-state index contributed by atoms with van der Waals surface area (Å²) in [6.45, 7) is 4.45. The van der Waals surface area contributed by atoms with Crippen LogP contribution >= 0.6 is 0 Å². The van der Waals surface area contributed by atoms with Crippen LogP contribution in [0.25, 0.3) is 10.8 Å². The van der Waals surface area contributed by atoms with Crippen molar-refractivity contribution in [1.82, 2.24) is 10.4 Å². The van der Waals surface area contributed by atoms with Crippen LogP contribution in [0.3, 0.4) is 0 Å². The van der Waals surface area contributed by atoms with Gasteiger partial charge in [0.15, 0.2) is 0 Å². The normalized spacial score (nSPS) is 14.5. The van der Waals surface area contributed by atoms with Gasteiger partial charge in [0.1, 0.15) is 0 Å². The Labute approximate surface area is 127 Å². The van der Waals surface area contributed by atoms with E-state index in [0.29, 0.717) is 0 Å². The molecule has 0 spiro atoms. The highest BCUT2D eigenvalue weighted by atomic mass is 16.3. The predicted molar refractivity (Wildman–Crippen MR) is 89.0 cm³/mol. The Morgan fingerprint density at radius 1 is 1.05 bits per heavy atom. The Bertz CT molecular complexity index is 566. The van der Waals surface area contributed by atoms with E-state index in [4.69, 9.17) is 0 Å². The van der Waals surface area contributed by atoms with Gasteiger partial charge in [-0.15, -0.1) is 0 Å². The van der Waals surface area contributed by atoms with Crippen molar-refractivity contribution >= 4 is 10.8 Å². The average molecular weight is 286 g/mol. The molecule has 0 fully saturated rings. The number of nitrogens with one attached hydrogen (secondary N) is 1. The fraction of sp³-hybridized carbons (Fsp3) is 0.444. The molecule has 3 nitrogen and oxygen atoms in total. The summed E-state index contributed by atoms with van der Waals surface area (Å²) in [5.41, 5.74) is 4.81. The molecule has 0 aromatic heterocycles. The zero-order valence-electron chi connectivity index (χ0n) is 13.2. The molecule has 0 bridgehead atoms. The van der Waals surface area contributed by atoms with Crippen LogP contribution in [0.2, 0.25) is 0 Å². The molecule has 2 aromatic rings. The fourth-order valence-corrected chi connectivity index (χ4v) is 2.70. The van der Waals surface area contributed by atoms with Crippen LogP contribution in [0.4, 0.5) is 0 Å². The minimum absolute atomic E-state index is 0.152. The van der Waals surface area contributed by atoms with Gasteiger partial charge < -0.3 is 5.11 Å². The molecule has 0 aliphatic heterocycles. The maximum Gasteiger partial charge on any atom is 0.0600 e. The molecule has 0 heterocycles. The number of hydrogen-bond acceptors (Lipinski definition) is 3. The van der Waals surface area contributed by atoms with Crippen molar-refractivity contribution in [2.75, 3.05) is 13.7 Å². The third kappa shape index (κ3) is 3.82. The minimum atomic E-state index is 0.152. The Morgan fingerprint density at radius 2 is 1.76 bits per heavy atom. The van der Waals surface area contributed by atoms with Gasteiger partial charge in [-0.25, -0.2) is 10.4 Å². The number of aliphatic hydroxyl groups excluding tert-OH is 1. The molecule has 0 saturated carbocycles. The second-order valence-corrected chi connectivity index (χ2v) is 5.55. The molecule has 3 heteroatoms. The first-order valence-corrected chi connectivity index (χ1v) is 7.78. The van der Waals surface area contributed by atoms with Gasteiger partial charge in [0.05, 0.1) is 6.61 Å². The number of hydrogen-bond donors (Lipinski definition) is 2. The number of nitrogens with zero attached hydrogens (tertiary/aromatic N) is 1. The minimum Gasteiger partial charge on any atom is -0.395 e. The quantitative estimate of drug-likeness (QED) is 0.765. The molecule has 2 rings (SSSR count). The standard InChI is InChI=1S/C18H26N2O/c1-4-17(13-21)20(3)19-18(5-2)16-11-10-14-8-6-7-9-15(14)12-16/h6-12,17-19,21H,4-5,13H2,1-3H3/t17-,18-/m1/s1. The SMILES string of the molecule is CC[C@H](CO)N(C)N[C@H](CC)c1ccc2ccccc2c1. The third-order valence-electron chi connectivity index (χ3n) is 4.17. The second kappa shape index (κ2) is 7.55. The lowest BCUT2D eigenvalue weighted by Gasteiger charge is -2.31. The van der Waals surface area contributed by atoms with Gasteiger partial charge in [-0.3, -0.25) is 0 Å². The molecular formula is C18H26N2O. The van der Waals surface area contributed by atoms with E-state index >= 15 is 0 Å². The summed E-state index contributed by atoms with van der Waals surface area (Å²) in [6.07, 6.45) is 1.93. The molecule has 0 radical (unpaired) electrons. The molecule has 2 atom stereocenters. The van der Waals surface area contributed by atoms with Gasteiger partial charge in [0.25, 0.3) is 0 Å². The van der Waals surface area contributed by atoms with Crippen LogP contribution in [0, 0.1) is 0 Å². The molecule has 114 valence electrons. The van der Waals surface area contributed by atoms with Crippen molar-refractivity contribution in [2.24, 2.45) is 0 Å². The van der Waals surface area contributed by atoms with Crippen LogP contribution in [-0.4, -0.2) is 29.8 Å². The first-order valence-electron chi connectivity index (χ1n) is 7.78. The van der Waals surface area contributed by atoms with Gasteiger partial charge in [-0.05, 0) is 35.2 Å². The van der Waals surface area contributed by atoms with E-state index in [-0.39, 0.29) is 18.7 Å². The summed E-state index contributed by atoms with van der Waals surface area (Å²) in [7, 11) is 2.01. The molecule has 2 aromatic carbocycles. The predicted octanol–water partition coefficient (Wildman–Crippen LogP) is 3.50. The summed E-state index contributed by atoms with van der Waals surface area (Å²) in [6, 6.07) is 15.5. The zero-order valence-corrected chi connectivity index (χ0v) is 13.2. The summed E-state index contributed by atoms with van der Waals surface area (Å²) in [5, 5.41) is 14.0. The Kier molecular flexibility index (Phi) is 5.74. The highest BCUT2D eigenvalue weighted by Gasteiger charge is 2.16. The van der Waals surface area contributed by atoms with Crippen molar-refractivity contribution in [3.05, 3.63) is 48.0 Å². The molecule has 2 N–H and O–H groups in total. The lowest BCUT2D eigenvalue weighted by Crippen LogP contribution is -2.45. The van der Waals surface area contributed by atoms with Gasteiger partial charge in [-0.2, -0.15) is 0 Å². The van der Waals surface area contributed by atoms with Crippen molar-refractivity contribution in [2.45, 2.75) is 38.8 Å². The van der Waals surface area contributed by atoms with Crippen LogP contribution in [0.5, 0.6) is 0 Å². The highest BCUT2D eigenvalue weighted by molar-refractivity contribution is 5.83. The molecule has 0 amide bonds. The summed E-state index contributed by atoms with van der Waals surface area (Å²) in [4.78, 5) is 0. The van der Waals surface area contributed by atoms with E-state index in [1.54, 1.807) is 0 Å². The van der Waals surface area contributed by atoms with Crippen molar-refractivity contribution in [3.63, 3.8) is 0 Å². The topological polar surface area (TPSA) is 35.5 Å². The Morgan fingerprint density at radius 3 is 2.38 bits per heavy atom. The van der Waals surface area contributed by atoms with Crippen LogP contribution in [0.15, 0.2) is 42.5 Å². The van der Waals surface area contributed by atoms with E-state index in [0.717, 1.165) is 12.8 Å². The Balaban J connectivity index is 2.18. The molecular weight excluding hydrogens is 260 g/mol. The van der Waals surface area contributed by atoms with Crippen molar-refractivity contribution in [3.8, 4) is 0 Å². The fourth-order valence-electron chi connectivity index (χ4n) is 2.70. The first kappa shape index (κ1) is 16.0. The second-order valence-electron chi connectivity index (χ2n) is 5.55. The third-order valence-corrected chi connectivity index (χ3v) is 4.17. The highest BCUT2D eigenvalue weighted by Crippen LogP contribution is 2.23. The summed E-state index contributed by atoms with van der Waals surface area (Å²) < 4.78 is 0. The van der Waals surface area contributed by atoms with Gasteiger partial charge in [-0.1, -0.05) is 50.2 Å². The van der Waals surface area contributed by atoms with E-state index in [1.807, 2.05) is 12.1 Å². The number of rotatable bonds is 7. The van der Waals surface area contributed by atoms with Crippen molar-refractivity contribution in [1.29, 1.82) is 0 Å². The maximum absolute atomic E-state index is 9.41. The van der Waals surface area contributed by atoms with Gasteiger partial charge in [0.2, 0.25) is 0 Å². The molecule has 0 aliphatic carbocycles. The van der Waals surface area contributed by atoms with Gasteiger partial charge >= 0.3 is 0 Å².